The summed E-state index contributed by atoms with van der Waals surface area (Å²) < 4.78 is 10.9. The van der Waals surface area contributed by atoms with Crippen LogP contribution in [0.2, 0.25) is 0 Å². The minimum absolute atomic E-state index is 0.00955. The Morgan fingerprint density at radius 1 is 1.17 bits per heavy atom. The van der Waals surface area contributed by atoms with E-state index in [1.165, 1.54) is 12.1 Å². The van der Waals surface area contributed by atoms with Gasteiger partial charge in [0.25, 0.3) is 5.69 Å². The van der Waals surface area contributed by atoms with Crippen molar-refractivity contribution >= 4 is 11.7 Å². The third-order valence-corrected chi connectivity index (χ3v) is 5.55. The van der Waals surface area contributed by atoms with Crippen molar-refractivity contribution < 1.29 is 19.0 Å². The Kier molecular flexibility index (Phi) is 2.63. The van der Waals surface area contributed by atoms with Crippen LogP contribution in [-0.2, 0) is 9.53 Å². The molecule has 2 aliphatic carbocycles. The summed E-state index contributed by atoms with van der Waals surface area (Å²) in [5, 5.41) is 14.7. The molecule has 3 fully saturated rings. The first-order valence-electron chi connectivity index (χ1n) is 7.91. The van der Waals surface area contributed by atoms with Crippen LogP contribution in [0.3, 0.4) is 0 Å². The Labute approximate surface area is 136 Å². The summed E-state index contributed by atoms with van der Waals surface area (Å²) in [4.78, 5) is 26.8. The summed E-state index contributed by atoms with van der Waals surface area (Å²) in [5.74, 6) is 1.09. The molecule has 0 radical (unpaired) electrons. The van der Waals surface area contributed by atoms with E-state index in [0.29, 0.717) is 23.2 Å². The number of nitro benzene ring substituents is 1. The molecular weight excluding hydrogens is 314 g/mol. The average Bonchev–Trinajstić information content (AvgIpc) is 3.30. The molecular formula is C16H13N3O5. The summed E-state index contributed by atoms with van der Waals surface area (Å²) in [7, 11) is 0. The van der Waals surface area contributed by atoms with Gasteiger partial charge in [-0.25, -0.2) is 0 Å². The molecule has 0 spiro atoms. The zero-order chi connectivity index (χ0) is 16.4. The number of carbonyl (C=O) groups excluding carboxylic acids is 1. The predicted molar refractivity (Wildman–Crippen MR) is 78.7 cm³/mol. The zero-order valence-corrected chi connectivity index (χ0v) is 12.5. The first kappa shape index (κ1) is 13.6. The van der Waals surface area contributed by atoms with Gasteiger partial charge in [0.05, 0.1) is 16.8 Å². The van der Waals surface area contributed by atoms with Crippen molar-refractivity contribution in [1.82, 2.24) is 10.1 Å². The standard InChI is InChI=1S/C16H13N3O5/c20-16-13-10-5-8(6-11(10)23-16)12(13)15-17-14(18-24-15)7-1-3-9(4-2-7)19(21)22/h1-4,8,10-13H,5-6H2/t8-,10-,11-,12+,13+/m1/s1. The van der Waals surface area contributed by atoms with Gasteiger partial charge in [-0.05, 0) is 30.9 Å². The van der Waals surface area contributed by atoms with Crippen LogP contribution < -0.4 is 0 Å². The first-order chi connectivity index (χ1) is 11.6. The van der Waals surface area contributed by atoms with Gasteiger partial charge >= 0.3 is 5.97 Å². The van der Waals surface area contributed by atoms with Crippen LogP contribution >= 0.6 is 0 Å². The number of carbonyl (C=O) groups is 1. The minimum atomic E-state index is -0.456. The van der Waals surface area contributed by atoms with Crippen molar-refractivity contribution in [3.63, 3.8) is 0 Å². The third kappa shape index (κ3) is 1.76. The number of benzene rings is 1. The van der Waals surface area contributed by atoms with Crippen LogP contribution in [0, 0.1) is 27.9 Å². The van der Waals surface area contributed by atoms with Gasteiger partial charge in [-0.2, -0.15) is 4.98 Å². The lowest BCUT2D eigenvalue weighted by Gasteiger charge is -2.20. The first-order valence-corrected chi connectivity index (χ1v) is 7.91. The van der Waals surface area contributed by atoms with E-state index in [0.717, 1.165) is 12.8 Å². The fourth-order valence-corrected chi connectivity index (χ4v) is 4.56. The SMILES string of the molecule is O=C1O[C@@H]2C[C@H]3C[C@H]2[C@H]1[C@H]3c1nc(-c2ccc([N+](=O)[O-])cc2)no1. The highest BCUT2D eigenvalue weighted by molar-refractivity contribution is 5.78. The highest BCUT2D eigenvalue weighted by Crippen LogP contribution is 2.61. The molecule has 1 aromatic carbocycles. The number of aromatic nitrogens is 2. The van der Waals surface area contributed by atoms with Crippen LogP contribution in [0.4, 0.5) is 5.69 Å². The maximum atomic E-state index is 12.1. The lowest BCUT2D eigenvalue weighted by molar-refractivity contribution is -0.384. The normalized spacial score (nSPS) is 33.0. The number of non-ortho nitro benzene ring substituents is 1. The molecule has 1 aliphatic heterocycles. The van der Waals surface area contributed by atoms with Crippen LogP contribution in [0.25, 0.3) is 11.4 Å². The molecule has 1 aromatic heterocycles. The van der Waals surface area contributed by atoms with Crippen molar-refractivity contribution in [2.75, 3.05) is 0 Å². The fourth-order valence-electron chi connectivity index (χ4n) is 4.56. The number of nitro groups is 1. The summed E-state index contributed by atoms with van der Waals surface area (Å²) in [5.41, 5.74) is 0.654. The van der Waals surface area contributed by atoms with Crippen LogP contribution in [-0.4, -0.2) is 27.1 Å². The number of esters is 1. The van der Waals surface area contributed by atoms with Gasteiger partial charge in [-0.3, -0.25) is 14.9 Å². The largest absolute Gasteiger partial charge is 0.462 e. The van der Waals surface area contributed by atoms with E-state index in [1.54, 1.807) is 12.1 Å². The Balaban J connectivity index is 1.45. The van der Waals surface area contributed by atoms with E-state index in [-0.39, 0.29) is 35.5 Å². The van der Waals surface area contributed by atoms with Gasteiger partial charge in [0, 0.05) is 23.6 Å². The summed E-state index contributed by atoms with van der Waals surface area (Å²) >= 11 is 0. The highest BCUT2D eigenvalue weighted by atomic mass is 16.6. The molecule has 8 nitrogen and oxygen atoms in total. The second-order valence-electron chi connectivity index (χ2n) is 6.68. The molecule has 2 bridgehead atoms. The van der Waals surface area contributed by atoms with Gasteiger partial charge < -0.3 is 9.26 Å². The van der Waals surface area contributed by atoms with Crippen molar-refractivity contribution in [1.29, 1.82) is 0 Å². The van der Waals surface area contributed by atoms with Crippen molar-refractivity contribution in [3.05, 3.63) is 40.3 Å². The number of fused-ring (bicyclic) bond motifs is 1. The van der Waals surface area contributed by atoms with E-state index in [4.69, 9.17) is 9.26 Å². The van der Waals surface area contributed by atoms with Gasteiger partial charge in [0.1, 0.15) is 6.10 Å². The minimum Gasteiger partial charge on any atom is -0.462 e. The molecule has 122 valence electrons. The number of nitrogens with zero attached hydrogens (tertiary/aromatic N) is 3. The fraction of sp³-hybridized carbons (Fsp3) is 0.438. The maximum absolute atomic E-state index is 12.1. The highest BCUT2D eigenvalue weighted by Gasteiger charge is 2.63. The van der Waals surface area contributed by atoms with E-state index >= 15 is 0 Å². The molecule has 1 saturated heterocycles. The van der Waals surface area contributed by atoms with Gasteiger partial charge in [-0.15, -0.1) is 0 Å². The van der Waals surface area contributed by atoms with Crippen molar-refractivity contribution in [2.45, 2.75) is 24.9 Å². The molecule has 8 heteroatoms. The lowest BCUT2D eigenvalue weighted by Crippen LogP contribution is -2.24. The van der Waals surface area contributed by atoms with Crippen LogP contribution in [0.5, 0.6) is 0 Å². The number of rotatable bonds is 3. The maximum Gasteiger partial charge on any atom is 0.310 e. The molecule has 0 N–H and O–H groups in total. The summed E-state index contributed by atoms with van der Waals surface area (Å²) in [6.07, 6.45) is 1.91. The second kappa shape index (κ2) is 4.62. The topological polar surface area (TPSA) is 108 Å². The smallest absolute Gasteiger partial charge is 0.310 e. The number of hydrogen-bond donors (Lipinski definition) is 0. The zero-order valence-electron chi connectivity index (χ0n) is 12.5. The van der Waals surface area contributed by atoms with Crippen LogP contribution in [0.1, 0.15) is 24.7 Å². The summed E-state index contributed by atoms with van der Waals surface area (Å²) in [6.45, 7) is 0. The average molecular weight is 327 g/mol. The predicted octanol–water partition coefficient (Wildman–Crippen LogP) is 2.31. The molecule has 5 rings (SSSR count). The molecule has 0 unspecified atom stereocenters. The number of ether oxygens (including phenoxy) is 1. The lowest BCUT2D eigenvalue weighted by atomic mass is 9.80. The second-order valence-corrected chi connectivity index (χ2v) is 6.68. The molecule has 3 aliphatic rings. The van der Waals surface area contributed by atoms with E-state index in [2.05, 4.69) is 10.1 Å². The van der Waals surface area contributed by atoms with Gasteiger partial charge in [-0.1, -0.05) is 5.16 Å². The molecule has 24 heavy (non-hydrogen) atoms. The van der Waals surface area contributed by atoms with Crippen LogP contribution in [0.15, 0.2) is 28.8 Å². The Hall–Kier alpha value is -2.77. The van der Waals surface area contributed by atoms with Gasteiger partial charge in [0.2, 0.25) is 11.7 Å². The third-order valence-electron chi connectivity index (χ3n) is 5.55. The monoisotopic (exact) mass is 327 g/mol. The van der Waals surface area contributed by atoms with Crippen molar-refractivity contribution in [2.24, 2.45) is 17.8 Å². The Bertz CT molecular complexity index is 844. The molecule has 2 saturated carbocycles. The quantitative estimate of drug-likeness (QED) is 0.483. The number of hydrogen-bond acceptors (Lipinski definition) is 7. The molecule has 5 atom stereocenters. The summed E-state index contributed by atoms with van der Waals surface area (Å²) in [6, 6.07) is 5.99. The molecule has 0 amide bonds. The van der Waals surface area contributed by atoms with E-state index in [9.17, 15) is 14.9 Å². The van der Waals surface area contributed by atoms with Gasteiger partial charge in [0.15, 0.2) is 0 Å². The molecule has 2 aromatic rings. The van der Waals surface area contributed by atoms with Crippen molar-refractivity contribution in [3.8, 4) is 11.4 Å². The molecule has 2 heterocycles. The van der Waals surface area contributed by atoms with E-state index in [1.807, 2.05) is 0 Å². The van der Waals surface area contributed by atoms with E-state index < -0.39 is 4.92 Å². The Morgan fingerprint density at radius 3 is 2.71 bits per heavy atom. The Morgan fingerprint density at radius 2 is 1.96 bits per heavy atom.